The molecule has 1 amide bonds. The summed E-state index contributed by atoms with van der Waals surface area (Å²) in [5.74, 6) is -1.19. The molecular weight excluding hydrogens is 575 g/mol. The molecule has 0 saturated carbocycles. The third-order valence-electron chi connectivity index (χ3n) is 7.51. The molecule has 0 radical (unpaired) electrons. The Kier molecular flexibility index (Phi) is 7.29. The van der Waals surface area contributed by atoms with Crippen molar-refractivity contribution < 1.29 is 9.18 Å². The van der Waals surface area contributed by atoms with Crippen molar-refractivity contribution in [2.24, 2.45) is 13.0 Å². The van der Waals surface area contributed by atoms with Crippen molar-refractivity contribution in [1.29, 1.82) is 5.26 Å². The van der Waals surface area contributed by atoms with E-state index >= 15 is 4.39 Å². The van der Waals surface area contributed by atoms with E-state index < -0.39 is 17.4 Å². The van der Waals surface area contributed by atoms with E-state index in [1.807, 2.05) is 25.1 Å². The smallest absolute Gasteiger partial charge is 0.254 e. The number of carbonyl (C=O) groups is 1. The Bertz CT molecular complexity index is 1970. The van der Waals surface area contributed by atoms with Gasteiger partial charge in [0.15, 0.2) is 11.5 Å². The van der Waals surface area contributed by atoms with Crippen LogP contribution in [0.15, 0.2) is 60.0 Å². The lowest BCUT2D eigenvalue weighted by molar-refractivity contribution is -0.119. The van der Waals surface area contributed by atoms with Crippen molar-refractivity contribution in [2.75, 3.05) is 5.32 Å². The zero-order chi connectivity index (χ0) is 30.2. The first-order valence-electron chi connectivity index (χ1n) is 13.4. The van der Waals surface area contributed by atoms with E-state index in [-0.39, 0.29) is 39.5 Å². The van der Waals surface area contributed by atoms with Crippen LogP contribution in [0.2, 0.25) is 5.02 Å². The quantitative estimate of drug-likeness (QED) is 0.323. The number of nitriles is 1. The summed E-state index contributed by atoms with van der Waals surface area (Å²) in [5.41, 5.74) is 2.47. The Hall–Kier alpha value is -5.22. The SMILES string of the molecule is C[C@@H]1CCC[C@H](n2cnc(-c3c(-n4cc(C#N)nn4)ccc(Cl)c3F)cc2=O)c2cc(ccn2)-c2c(cnn2C)NC1=O. The molecule has 1 aliphatic heterocycles. The minimum atomic E-state index is -0.794. The summed E-state index contributed by atoms with van der Waals surface area (Å²) in [6, 6.07) is 9.14. The summed E-state index contributed by atoms with van der Waals surface area (Å²) >= 11 is 6.11. The van der Waals surface area contributed by atoms with Crippen LogP contribution in [0, 0.1) is 23.1 Å². The fourth-order valence-electron chi connectivity index (χ4n) is 5.27. The van der Waals surface area contributed by atoms with Crippen LogP contribution in [0.5, 0.6) is 0 Å². The highest BCUT2D eigenvalue weighted by molar-refractivity contribution is 6.31. The van der Waals surface area contributed by atoms with Crippen LogP contribution in [0.1, 0.15) is 43.6 Å². The van der Waals surface area contributed by atoms with Crippen molar-refractivity contribution in [3.8, 4) is 34.3 Å². The Labute approximate surface area is 249 Å². The van der Waals surface area contributed by atoms with Crippen LogP contribution in [0.4, 0.5) is 10.1 Å². The zero-order valence-electron chi connectivity index (χ0n) is 23.1. The van der Waals surface area contributed by atoms with Crippen LogP contribution in [-0.2, 0) is 11.8 Å². The van der Waals surface area contributed by atoms with Gasteiger partial charge in [-0.1, -0.05) is 30.2 Å². The molecule has 0 saturated heterocycles. The molecule has 0 spiro atoms. The Morgan fingerprint density at radius 2 is 2.00 bits per heavy atom. The number of nitrogens with zero attached hydrogens (tertiary/aromatic N) is 9. The molecule has 6 rings (SSSR count). The molecular formula is C29H24ClFN10O2. The Morgan fingerprint density at radius 3 is 2.77 bits per heavy atom. The number of fused-ring (bicyclic) bond motifs is 4. The summed E-state index contributed by atoms with van der Waals surface area (Å²) in [4.78, 5) is 35.7. The number of hydrogen-bond donors (Lipinski definition) is 1. The molecule has 2 bridgehead atoms. The van der Waals surface area contributed by atoms with Gasteiger partial charge in [0.2, 0.25) is 5.91 Å². The van der Waals surface area contributed by atoms with Crippen LogP contribution in [0.3, 0.4) is 0 Å². The highest BCUT2D eigenvalue weighted by atomic mass is 35.5. The van der Waals surface area contributed by atoms with Crippen LogP contribution >= 0.6 is 11.6 Å². The van der Waals surface area contributed by atoms with Gasteiger partial charge in [-0.2, -0.15) is 10.4 Å². The van der Waals surface area contributed by atoms with E-state index in [0.29, 0.717) is 36.3 Å². The summed E-state index contributed by atoms with van der Waals surface area (Å²) in [6.07, 6.45) is 7.67. The molecule has 4 aromatic heterocycles. The van der Waals surface area contributed by atoms with E-state index in [9.17, 15) is 9.59 Å². The predicted molar refractivity (Wildman–Crippen MR) is 155 cm³/mol. The van der Waals surface area contributed by atoms with E-state index in [1.165, 1.54) is 40.0 Å². The average Bonchev–Trinajstić information content (AvgIpc) is 3.63. The molecule has 5 heterocycles. The van der Waals surface area contributed by atoms with Gasteiger partial charge < -0.3 is 5.32 Å². The molecule has 1 N–H and O–H groups in total. The lowest BCUT2D eigenvalue weighted by Gasteiger charge is -2.22. The lowest BCUT2D eigenvalue weighted by Crippen LogP contribution is -2.27. The van der Waals surface area contributed by atoms with E-state index in [1.54, 1.807) is 24.1 Å². The maximum absolute atomic E-state index is 15.4. The van der Waals surface area contributed by atoms with Gasteiger partial charge in [-0.3, -0.25) is 23.8 Å². The average molecular weight is 599 g/mol. The first-order valence-corrected chi connectivity index (χ1v) is 13.8. The minimum Gasteiger partial charge on any atom is -0.323 e. The first kappa shape index (κ1) is 27.9. The van der Waals surface area contributed by atoms with Gasteiger partial charge in [0.05, 0.1) is 63.8 Å². The van der Waals surface area contributed by atoms with Crippen molar-refractivity contribution in [2.45, 2.75) is 32.2 Å². The van der Waals surface area contributed by atoms with Crippen molar-refractivity contribution >= 4 is 23.2 Å². The number of anilines is 1. The number of halogens is 2. The molecule has 12 nitrogen and oxygen atoms in total. The minimum absolute atomic E-state index is 0.0324. The summed E-state index contributed by atoms with van der Waals surface area (Å²) in [6.45, 7) is 1.86. The number of nitrogens with one attached hydrogen (secondary N) is 1. The van der Waals surface area contributed by atoms with Crippen molar-refractivity contribution in [3.63, 3.8) is 0 Å². The molecule has 0 fully saturated rings. The lowest BCUT2D eigenvalue weighted by atomic mass is 9.97. The maximum Gasteiger partial charge on any atom is 0.254 e. The molecule has 1 aliphatic rings. The molecule has 5 aromatic rings. The second-order valence-corrected chi connectivity index (χ2v) is 10.7. The molecule has 216 valence electrons. The third-order valence-corrected chi connectivity index (χ3v) is 7.80. The molecule has 2 atom stereocenters. The highest BCUT2D eigenvalue weighted by Gasteiger charge is 2.25. The predicted octanol–water partition coefficient (Wildman–Crippen LogP) is 4.30. The van der Waals surface area contributed by atoms with E-state index in [2.05, 4.69) is 30.7 Å². The van der Waals surface area contributed by atoms with Gasteiger partial charge in [0.25, 0.3) is 5.56 Å². The standard InChI is InChI=1S/C29H24ClFN10O2/c1-16-4-3-5-23(20-10-17(8-9-33-20)28-22(36-29(16)43)13-35-39(28)2)40-15-34-21(11-25(40)42)26-24(7-6-19(30)27(26)31)41-14-18(12-32)37-38-41/h6-11,13-16,23H,3-5H2,1-2H3,(H,36,43)/t16-,23+/m1/s1. The van der Waals surface area contributed by atoms with Gasteiger partial charge in [0.1, 0.15) is 6.07 Å². The normalized spacial score (nSPS) is 16.9. The van der Waals surface area contributed by atoms with Gasteiger partial charge in [-0.05, 0) is 37.1 Å². The number of hydrogen-bond acceptors (Lipinski definition) is 8. The molecule has 0 aliphatic carbocycles. The van der Waals surface area contributed by atoms with Crippen LogP contribution in [-0.4, -0.2) is 45.2 Å². The maximum atomic E-state index is 15.4. The summed E-state index contributed by atoms with van der Waals surface area (Å²) in [7, 11) is 1.79. The molecule has 1 aromatic carbocycles. The summed E-state index contributed by atoms with van der Waals surface area (Å²) < 4.78 is 19.8. The van der Waals surface area contributed by atoms with Gasteiger partial charge >= 0.3 is 0 Å². The highest BCUT2D eigenvalue weighted by Crippen LogP contribution is 2.34. The van der Waals surface area contributed by atoms with Gasteiger partial charge in [0, 0.05) is 30.8 Å². The first-order chi connectivity index (χ1) is 20.7. The van der Waals surface area contributed by atoms with Crippen LogP contribution in [0.25, 0.3) is 28.2 Å². The second-order valence-electron chi connectivity index (χ2n) is 10.3. The summed E-state index contributed by atoms with van der Waals surface area (Å²) in [5, 5.41) is 24.0. The fourth-order valence-corrected chi connectivity index (χ4v) is 5.43. The number of carbonyl (C=O) groups excluding carboxylic acids is 1. The van der Waals surface area contributed by atoms with Crippen molar-refractivity contribution in [1.82, 2.24) is 39.3 Å². The van der Waals surface area contributed by atoms with E-state index in [0.717, 1.165) is 5.56 Å². The Morgan fingerprint density at radius 1 is 1.16 bits per heavy atom. The number of aromatic nitrogens is 8. The number of rotatable bonds is 3. The largest absolute Gasteiger partial charge is 0.323 e. The monoisotopic (exact) mass is 598 g/mol. The van der Waals surface area contributed by atoms with Crippen molar-refractivity contribution in [3.05, 3.63) is 87.8 Å². The van der Waals surface area contributed by atoms with Crippen LogP contribution < -0.4 is 10.9 Å². The van der Waals surface area contributed by atoms with Gasteiger partial charge in [-0.25, -0.2) is 14.1 Å². The molecule has 43 heavy (non-hydrogen) atoms. The Balaban J connectivity index is 1.45. The topological polar surface area (TPSA) is 149 Å². The van der Waals surface area contributed by atoms with Gasteiger partial charge in [-0.15, -0.1) is 5.10 Å². The number of aryl methyl sites for hydroxylation is 1. The third kappa shape index (κ3) is 5.17. The molecule has 0 unspecified atom stereocenters. The number of amides is 1. The fraction of sp³-hybridized carbons (Fsp3) is 0.241. The van der Waals surface area contributed by atoms with E-state index in [4.69, 9.17) is 16.9 Å². The number of benzene rings is 1. The zero-order valence-corrected chi connectivity index (χ0v) is 23.8. The molecule has 14 heteroatoms. The number of pyridine rings is 1. The second kappa shape index (κ2) is 11.2.